The van der Waals surface area contributed by atoms with Crippen molar-refractivity contribution in [1.82, 2.24) is 9.97 Å². The van der Waals surface area contributed by atoms with Gasteiger partial charge in [0.1, 0.15) is 11.6 Å². The van der Waals surface area contributed by atoms with Crippen LogP contribution in [0.3, 0.4) is 0 Å². The van der Waals surface area contributed by atoms with Gasteiger partial charge in [-0.1, -0.05) is 29.8 Å². The minimum Gasteiger partial charge on any atom is -0.484 e. The number of nitrogens with one attached hydrogen (secondary N) is 2. The monoisotopic (exact) mass is 327 g/mol. The third-order valence-corrected chi connectivity index (χ3v) is 3.32. The van der Waals surface area contributed by atoms with E-state index in [9.17, 15) is 4.79 Å². The second-order valence-electron chi connectivity index (χ2n) is 4.81. The van der Waals surface area contributed by atoms with Crippen molar-refractivity contribution in [3.05, 3.63) is 65.9 Å². The average Bonchev–Trinajstić information content (AvgIpc) is 3.08. The highest BCUT2D eigenvalue weighted by Gasteiger charge is 2.06. The fourth-order valence-corrected chi connectivity index (χ4v) is 2.25. The maximum Gasteiger partial charge on any atom is 0.262 e. The zero-order chi connectivity index (χ0) is 16.1. The minimum absolute atomic E-state index is 0.0919. The number of anilines is 1. The van der Waals surface area contributed by atoms with Gasteiger partial charge in [0.05, 0.1) is 0 Å². The second-order valence-corrected chi connectivity index (χ2v) is 5.25. The summed E-state index contributed by atoms with van der Waals surface area (Å²) in [7, 11) is 0. The lowest BCUT2D eigenvalue weighted by atomic mass is 10.2. The molecular weight excluding hydrogens is 314 g/mol. The molecule has 0 bridgehead atoms. The number of hydrogen-bond donors (Lipinski definition) is 2. The fourth-order valence-electron chi connectivity index (χ4n) is 2.07. The highest BCUT2D eigenvalue weighted by atomic mass is 35.5. The van der Waals surface area contributed by atoms with Crippen LogP contribution in [0.4, 0.5) is 5.69 Å². The Morgan fingerprint density at radius 2 is 2.09 bits per heavy atom. The van der Waals surface area contributed by atoms with E-state index >= 15 is 0 Å². The zero-order valence-corrected chi connectivity index (χ0v) is 12.9. The summed E-state index contributed by atoms with van der Waals surface area (Å²) in [6.45, 7) is -0.0919. The Morgan fingerprint density at radius 1 is 1.22 bits per heavy atom. The van der Waals surface area contributed by atoms with Crippen molar-refractivity contribution in [2.45, 2.75) is 0 Å². The molecule has 0 aliphatic carbocycles. The quantitative estimate of drug-likeness (QED) is 0.750. The summed E-state index contributed by atoms with van der Waals surface area (Å²) in [5.74, 6) is 1.05. The maximum atomic E-state index is 12.0. The van der Waals surface area contributed by atoms with Crippen LogP contribution in [0.15, 0.2) is 60.9 Å². The second kappa shape index (κ2) is 6.98. The topological polar surface area (TPSA) is 67.0 Å². The molecule has 23 heavy (non-hydrogen) atoms. The summed E-state index contributed by atoms with van der Waals surface area (Å²) in [6, 6.07) is 14.3. The zero-order valence-electron chi connectivity index (χ0n) is 12.1. The van der Waals surface area contributed by atoms with Crippen LogP contribution in [0.1, 0.15) is 0 Å². The molecule has 0 unspecified atom stereocenters. The molecule has 1 amide bonds. The van der Waals surface area contributed by atoms with Crippen LogP contribution in [0.25, 0.3) is 11.4 Å². The number of nitrogens with zero attached hydrogens (tertiary/aromatic N) is 1. The molecular formula is C17H14ClN3O2. The molecule has 116 valence electrons. The van der Waals surface area contributed by atoms with Gasteiger partial charge in [-0.3, -0.25) is 4.79 Å². The molecule has 2 N–H and O–H groups in total. The summed E-state index contributed by atoms with van der Waals surface area (Å²) in [4.78, 5) is 19.2. The Morgan fingerprint density at radius 3 is 2.87 bits per heavy atom. The Hall–Kier alpha value is -2.79. The van der Waals surface area contributed by atoms with Gasteiger partial charge in [-0.25, -0.2) is 4.98 Å². The van der Waals surface area contributed by atoms with E-state index in [0.717, 1.165) is 11.4 Å². The minimum atomic E-state index is -0.249. The summed E-state index contributed by atoms with van der Waals surface area (Å²) in [5.41, 5.74) is 1.57. The number of aromatic amines is 1. The number of rotatable bonds is 5. The van der Waals surface area contributed by atoms with E-state index in [1.807, 2.05) is 24.3 Å². The number of carbonyl (C=O) groups is 1. The van der Waals surface area contributed by atoms with Crippen LogP contribution in [0, 0.1) is 0 Å². The number of hydrogen-bond acceptors (Lipinski definition) is 3. The first-order valence-corrected chi connectivity index (χ1v) is 7.36. The first-order valence-electron chi connectivity index (χ1n) is 6.99. The predicted octanol–water partition coefficient (Wildman–Crippen LogP) is 3.75. The van der Waals surface area contributed by atoms with E-state index in [4.69, 9.17) is 16.3 Å². The van der Waals surface area contributed by atoms with Gasteiger partial charge in [0.25, 0.3) is 5.91 Å². The molecule has 1 heterocycles. The maximum absolute atomic E-state index is 12.0. The molecule has 0 atom stereocenters. The van der Waals surface area contributed by atoms with Gasteiger partial charge in [-0.2, -0.15) is 0 Å². The molecule has 3 rings (SSSR count). The average molecular weight is 328 g/mol. The lowest BCUT2D eigenvalue weighted by molar-refractivity contribution is -0.118. The number of imidazole rings is 1. The summed E-state index contributed by atoms with van der Waals surface area (Å²) in [6.07, 6.45) is 3.43. The van der Waals surface area contributed by atoms with Crippen LogP contribution < -0.4 is 10.1 Å². The molecule has 1 aromatic heterocycles. The Kier molecular flexibility index (Phi) is 4.59. The van der Waals surface area contributed by atoms with Gasteiger partial charge >= 0.3 is 0 Å². The Balaban J connectivity index is 1.61. The molecule has 0 radical (unpaired) electrons. The molecule has 0 saturated carbocycles. The van der Waals surface area contributed by atoms with E-state index in [2.05, 4.69) is 15.3 Å². The molecule has 2 aromatic carbocycles. The molecule has 0 spiro atoms. The smallest absolute Gasteiger partial charge is 0.262 e. The van der Waals surface area contributed by atoms with Crippen LogP contribution >= 0.6 is 11.6 Å². The van der Waals surface area contributed by atoms with Crippen molar-refractivity contribution >= 4 is 23.2 Å². The SMILES string of the molecule is O=C(COc1cccc(Cl)c1)Nc1cccc(-c2ncc[nH]2)c1. The van der Waals surface area contributed by atoms with Gasteiger partial charge in [0.2, 0.25) is 0 Å². The Bertz CT molecular complexity index is 803. The first-order chi connectivity index (χ1) is 11.2. The van der Waals surface area contributed by atoms with Crippen LogP contribution in [-0.4, -0.2) is 22.5 Å². The number of halogens is 1. The molecule has 0 saturated heterocycles. The van der Waals surface area contributed by atoms with Gasteiger partial charge in [-0.05, 0) is 30.3 Å². The number of H-pyrrole nitrogens is 1. The molecule has 5 nitrogen and oxygen atoms in total. The molecule has 0 aliphatic rings. The third kappa shape index (κ3) is 4.11. The molecule has 0 fully saturated rings. The van der Waals surface area contributed by atoms with Crippen molar-refractivity contribution in [2.24, 2.45) is 0 Å². The number of ether oxygens (including phenoxy) is 1. The van der Waals surface area contributed by atoms with Crippen molar-refractivity contribution in [3.63, 3.8) is 0 Å². The highest BCUT2D eigenvalue weighted by molar-refractivity contribution is 6.30. The molecule has 0 aliphatic heterocycles. The lowest BCUT2D eigenvalue weighted by Crippen LogP contribution is -2.20. The lowest BCUT2D eigenvalue weighted by Gasteiger charge is -2.08. The largest absolute Gasteiger partial charge is 0.484 e. The summed E-state index contributed by atoms with van der Waals surface area (Å²) >= 11 is 5.87. The normalized spacial score (nSPS) is 10.3. The van der Waals surface area contributed by atoms with Crippen LogP contribution in [0.5, 0.6) is 5.75 Å². The van der Waals surface area contributed by atoms with Gasteiger partial charge in [0, 0.05) is 28.7 Å². The van der Waals surface area contributed by atoms with Gasteiger partial charge < -0.3 is 15.0 Å². The predicted molar refractivity (Wildman–Crippen MR) is 89.6 cm³/mol. The van der Waals surface area contributed by atoms with Crippen LogP contribution in [-0.2, 0) is 4.79 Å². The standard InChI is InChI=1S/C17H14ClN3O2/c18-13-4-2-6-15(10-13)23-11-16(22)21-14-5-1-3-12(9-14)17-19-7-8-20-17/h1-10H,11H2,(H,19,20)(H,21,22). The van der Waals surface area contributed by atoms with Crippen molar-refractivity contribution in [2.75, 3.05) is 11.9 Å². The summed E-state index contributed by atoms with van der Waals surface area (Å²) in [5, 5.41) is 3.35. The fraction of sp³-hybridized carbons (Fsp3) is 0.0588. The first kappa shape index (κ1) is 15.1. The third-order valence-electron chi connectivity index (χ3n) is 3.08. The van der Waals surface area contributed by atoms with Crippen molar-refractivity contribution in [3.8, 4) is 17.1 Å². The van der Waals surface area contributed by atoms with E-state index in [1.165, 1.54) is 0 Å². The number of amides is 1. The Labute approximate surface area is 138 Å². The number of aromatic nitrogens is 2. The van der Waals surface area contributed by atoms with Gasteiger partial charge in [0.15, 0.2) is 6.61 Å². The number of carbonyl (C=O) groups excluding carboxylic acids is 1. The molecule has 3 aromatic rings. The summed E-state index contributed by atoms with van der Waals surface area (Å²) < 4.78 is 5.41. The molecule has 6 heteroatoms. The van der Waals surface area contributed by atoms with Crippen molar-refractivity contribution < 1.29 is 9.53 Å². The van der Waals surface area contributed by atoms with Gasteiger partial charge in [-0.15, -0.1) is 0 Å². The van der Waals surface area contributed by atoms with E-state index < -0.39 is 0 Å². The van der Waals surface area contributed by atoms with E-state index in [1.54, 1.807) is 36.7 Å². The van der Waals surface area contributed by atoms with Crippen molar-refractivity contribution in [1.29, 1.82) is 0 Å². The highest BCUT2D eigenvalue weighted by Crippen LogP contribution is 2.19. The van der Waals surface area contributed by atoms with E-state index in [-0.39, 0.29) is 12.5 Å². The van der Waals surface area contributed by atoms with E-state index in [0.29, 0.717) is 16.5 Å². The van der Waals surface area contributed by atoms with Crippen LogP contribution in [0.2, 0.25) is 5.02 Å². The number of benzene rings is 2.